The van der Waals surface area contributed by atoms with Crippen molar-refractivity contribution >= 4 is 11.9 Å². The maximum Gasteiger partial charge on any atom is 0.114 e. The summed E-state index contributed by atoms with van der Waals surface area (Å²) in [5, 5.41) is 3.79. The van der Waals surface area contributed by atoms with Gasteiger partial charge in [-0.2, -0.15) is 5.10 Å². The molecule has 0 amide bonds. The molecule has 1 heterocycles. The lowest BCUT2D eigenvalue weighted by Crippen LogP contribution is -1.81. The van der Waals surface area contributed by atoms with Gasteiger partial charge >= 0.3 is 0 Å². The highest BCUT2D eigenvalue weighted by molar-refractivity contribution is 7.97. The van der Waals surface area contributed by atoms with Gasteiger partial charge in [0, 0.05) is 12.5 Å². The Kier molecular flexibility index (Phi) is 1.36. The fraction of sp³-hybridized carbons (Fsp3) is 0.250. The van der Waals surface area contributed by atoms with E-state index in [1.807, 2.05) is 12.5 Å². The third-order valence-corrected chi connectivity index (χ3v) is 1.20. The molecule has 0 fully saturated rings. The topological polar surface area (TPSA) is 17.8 Å². The first-order valence-corrected chi connectivity index (χ1v) is 3.08. The van der Waals surface area contributed by atoms with Crippen LogP contribution in [-0.2, 0) is 0 Å². The molecule has 2 nitrogen and oxygen atoms in total. The molecule has 0 unspecified atom stereocenters. The van der Waals surface area contributed by atoms with Gasteiger partial charge in [0.25, 0.3) is 0 Å². The predicted octanol–water partition coefficient (Wildman–Crippen LogP) is 0.809. The zero-order valence-electron chi connectivity index (χ0n) is 3.96. The molecule has 0 aliphatic rings. The van der Waals surface area contributed by atoms with Crippen LogP contribution in [0.5, 0.6) is 0 Å². The lowest BCUT2D eigenvalue weighted by molar-refractivity contribution is 1.01. The van der Waals surface area contributed by atoms with Crippen LogP contribution in [0.15, 0.2) is 12.3 Å². The summed E-state index contributed by atoms with van der Waals surface area (Å²) in [6, 6.07) is 1.77. The summed E-state index contributed by atoms with van der Waals surface area (Å²) in [6.07, 6.45) is 6.48. The maximum absolute atomic E-state index is 3.79. The summed E-state index contributed by atoms with van der Waals surface area (Å²) < 4.78 is 1.74. The van der Waals surface area contributed by atoms with Crippen molar-refractivity contribution in [1.82, 2.24) is 9.19 Å². The fourth-order valence-corrected chi connectivity index (χ4v) is 0.634. The van der Waals surface area contributed by atoms with E-state index in [2.05, 4.69) is 11.3 Å². The van der Waals surface area contributed by atoms with Crippen LogP contribution in [0.25, 0.3) is 0 Å². The summed E-state index contributed by atoms with van der Waals surface area (Å²) in [7, 11) is 0. The molecule has 3 heteroatoms. The van der Waals surface area contributed by atoms with E-state index in [9.17, 15) is 0 Å². The van der Waals surface area contributed by atoms with Gasteiger partial charge in [0.1, 0.15) is 6.20 Å². The van der Waals surface area contributed by atoms with E-state index in [0.29, 0.717) is 0 Å². The van der Waals surface area contributed by atoms with Gasteiger partial charge in [-0.05, 0) is 18.0 Å². The highest BCUT2D eigenvalue weighted by Gasteiger charge is 1.79. The Labute approximate surface area is 46.7 Å². The average Bonchev–Trinajstić information content (AvgIpc) is 2.14. The minimum absolute atomic E-state index is 1.55. The maximum atomic E-state index is 3.79. The Hall–Kier alpha value is -0.440. The van der Waals surface area contributed by atoms with Gasteiger partial charge in [-0.1, -0.05) is 0 Å². The van der Waals surface area contributed by atoms with Crippen LogP contribution in [0.4, 0.5) is 0 Å². The summed E-state index contributed by atoms with van der Waals surface area (Å²) in [4.78, 5) is 0. The van der Waals surface area contributed by atoms with Gasteiger partial charge in [0.05, 0.1) is 0 Å². The Balaban J connectivity index is 2.76. The van der Waals surface area contributed by atoms with Crippen LogP contribution < -0.4 is 0 Å². The van der Waals surface area contributed by atoms with E-state index in [0.717, 1.165) is 0 Å². The number of rotatable bonds is 1. The molecule has 0 N–H and O–H groups in total. The van der Waals surface area contributed by atoms with Gasteiger partial charge in [-0.25, -0.2) is 4.09 Å². The molecule has 0 spiro atoms. The normalized spacial score (nSPS) is 9.29. The highest BCUT2D eigenvalue weighted by atomic mass is 32.2. The molecular formula is C4H5N2S. The van der Waals surface area contributed by atoms with E-state index in [1.54, 1.807) is 22.1 Å². The van der Waals surface area contributed by atoms with Crippen molar-refractivity contribution in [3.63, 3.8) is 0 Å². The van der Waals surface area contributed by atoms with Crippen molar-refractivity contribution in [2.75, 3.05) is 6.26 Å². The molecule has 1 radical (unpaired) electrons. The highest BCUT2D eigenvalue weighted by Crippen LogP contribution is 1.93. The Morgan fingerprint density at radius 1 is 1.86 bits per heavy atom. The second-order valence-electron chi connectivity index (χ2n) is 1.03. The second kappa shape index (κ2) is 2.02. The van der Waals surface area contributed by atoms with Crippen molar-refractivity contribution in [2.45, 2.75) is 0 Å². The number of hydrogen-bond acceptors (Lipinski definition) is 2. The molecule has 1 rings (SSSR count). The summed E-state index contributed by atoms with van der Waals surface area (Å²) in [6.45, 7) is 0. The zero-order valence-corrected chi connectivity index (χ0v) is 4.77. The number of hydrogen-bond donors (Lipinski definition) is 0. The van der Waals surface area contributed by atoms with Crippen molar-refractivity contribution in [2.24, 2.45) is 0 Å². The molecule has 0 aliphatic heterocycles. The Morgan fingerprint density at radius 2 is 2.71 bits per heavy atom. The number of nitrogens with zero attached hydrogens (tertiary/aromatic N) is 2. The smallest absolute Gasteiger partial charge is 0.114 e. The lowest BCUT2D eigenvalue weighted by Gasteiger charge is -1.85. The van der Waals surface area contributed by atoms with Crippen LogP contribution in [0.3, 0.4) is 0 Å². The largest absolute Gasteiger partial charge is 0.214 e. The summed E-state index contributed by atoms with van der Waals surface area (Å²) in [5.41, 5.74) is 0. The molecule has 0 saturated carbocycles. The monoisotopic (exact) mass is 113 g/mol. The first-order valence-electron chi connectivity index (χ1n) is 1.89. The van der Waals surface area contributed by atoms with E-state index in [4.69, 9.17) is 0 Å². The molecule has 1 aromatic heterocycles. The average molecular weight is 113 g/mol. The first kappa shape index (κ1) is 4.71. The molecule has 37 valence electrons. The van der Waals surface area contributed by atoms with Crippen LogP contribution in [0, 0.1) is 6.20 Å². The van der Waals surface area contributed by atoms with Crippen LogP contribution in [0.2, 0.25) is 0 Å². The minimum Gasteiger partial charge on any atom is -0.214 e. The quantitative estimate of drug-likeness (QED) is 0.536. The summed E-state index contributed by atoms with van der Waals surface area (Å²) in [5.74, 6) is 0. The number of aromatic nitrogens is 2. The van der Waals surface area contributed by atoms with Gasteiger partial charge in [0.2, 0.25) is 0 Å². The molecule has 1 aromatic rings. The Bertz CT molecular complexity index is 124. The van der Waals surface area contributed by atoms with Crippen LogP contribution in [-0.4, -0.2) is 15.4 Å². The van der Waals surface area contributed by atoms with Gasteiger partial charge < -0.3 is 0 Å². The lowest BCUT2D eigenvalue weighted by atomic mass is 10.8. The molecular weight excluding hydrogens is 108 g/mol. The van der Waals surface area contributed by atoms with E-state index >= 15 is 0 Å². The van der Waals surface area contributed by atoms with Crippen LogP contribution >= 0.6 is 11.9 Å². The molecule has 0 atom stereocenters. The predicted molar refractivity (Wildman–Crippen MR) is 30.0 cm³/mol. The van der Waals surface area contributed by atoms with Crippen molar-refractivity contribution in [3.8, 4) is 0 Å². The van der Waals surface area contributed by atoms with Gasteiger partial charge in [-0.15, -0.1) is 0 Å². The standard InChI is InChI=1S/C4H5N2S/c1-7-6-4-2-3-5-6/h2,4H,1H3. The Morgan fingerprint density at radius 3 is 3.00 bits per heavy atom. The van der Waals surface area contributed by atoms with E-state index in [-0.39, 0.29) is 0 Å². The van der Waals surface area contributed by atoms with Gasteiger partial charge in [0.15, 0.2) is 0 Å². The fourth-order valence-electron chi connectivity index (χ4n) is 0.322. The first-order chi connectivity index (χ1) is 3.43. The van der Waals surface area contributed by atoms with Crippen LogP contribution in [0.1, 0.15) is 0 Å². The zero-order chi connectivity index (χ0) is 5.11. The van der Waals surface area contributed by atoms with Crippen molar-refractivity contribution in [3.05, 3.63) is 18.5 Å². The second-order valence-corrected chi connectivity index (χ2v) is 1.77. The van der Waals surface area contributed by atoms with E-state index < -0.39 is 0 Å². The third-order valence-electron chi connectivity index (χ3n) is 0.620. The molecule has 0 aromatic carbocycles. The molecule has 0 aliphatic carbocycles. The van der Waals surface area contributed by atoms with Crippen molar-refractivity contribution in [1.29, 1.82) is 0 Å². The molecule has 7 heavy (non-hydrogen) atoms. The molecule has 0 saturated heterocycles. The summed E-state index contributed by atoms with van der Waals surface area (Å²) >= 11 is 1.55. The van der Waals surface area contributed by atoms with E-state index in [1.165, 1.54) is 0 Å². The SMILES string of the molecule is CSn1cc[c]n1. The molecule has 0 bridgehead atoms. The minimum atomic E-state index is 1.55. The van der Waals surface area contributed by atoms with Crippen molar-refractivity contribution < 1.29 is 0 Å². The third kappa shape index (κ3) is 0.962. The van der Waals surface area contributed by atoms with Gasteiger partial charge in [-0.3, -0.25) is 0 Å².